The molecule has 2 aliphatic rings. The highest BCUT2D eigenvalue weighted by molar-refractivity contribution is 5.94. The molecular formula is C21H27FN8O2. The minimum Gasteiger partial charge on any atom is -0.365 e. The Morgan fingerprint density at radius 1 is 1.16 bits per heavy atom. The van der Waals surface area contributed by atoms with E-state index in [2.05, 4.69) is 30.5 Å². The molecular weight excluding hydrogens is 415 g/mol. The van der Waals surface area contributed by atoms with E-state index in [9.17, 15) is 14.0 Å². The molecule has 0 radical (unpaired) electrons. The molecule has 2 saturated heterocycles. The van der Waals surface area contributed by atoms with Crippen molar-refractivity contribution in [3.05, 3.63) is 36.2 Å². The average Bonchev–Trinajstić information content (AvgIpc) is 3.21. The van der Waals surface area contributed by atoms with Crippen LogP contribution in [0.2, 0.25) is 0 Å². The lowest BCUT2D eigenvalue weighted by Gasteiger charge is -2.36. The molecule has 2 N–H and O–H groups in total. The van der Waals surface area contributed by atoms with Gasteiger partial charge in [0, 0.05) is 58.3 Å². The number of carbonyl (C=O) groups excluding carboxylic acids is 2. The van der Waals surface area contributed by atoms with E-state index in [4.69, 9.17) is 0 Å². The van der Waals surface area contributed by atoms with E-state index in [1.54, 1.807) is 23.1 Å². The maximum absolute atomic E-state index is 14.7. The number of anilines is 3. The van der Waals surface area contributed by atoms with Gasteiger partial charge in [0.15, 0.2) is 0 Å². The number of amides is 3. The number of aromatic nitrogens is 3. The second kappa shape index (κ2) is 9.86. The summed E-state index contributed by atoms with van der Waals surface area (Å²) in [6.45, 7) is 6.33. The van der Waals surface area contributed by atoms with E-state index in [1.807, 2.05) is 11.8 Å². The Labute approximate surface area is 185 Å². The molecule has 32 heavy (non-hydrogen) atoms. The average molecular weight is 442 g/mol. The second-order valence-electron chi connectivity index (χ2n) is 7.77. The van der Waals surface area contributed by atoms with Crippen molar-refractivity contribution >= 4 is 29.3 Å². The van der Waals surface area contributed by atoms with Crippen LogP contribution < -0.4 is 20.4 Å². The normalized spacial score (nSPS) is 17.0. The number of nitrogens with zero attached hydrogens (tertiary/aromatic N) is 6. The van der Waals surface area contributed by atoms with E-state index < -0.39 is 5.95 Å². The van der Waals surface area contributed by atoms with Crippen LogP contribution in [-0.2, 0) is 11.3 Å². The molecule has 2 fully saturated rings. The molecule has 0 aromatic carbocycles. The number of pyridine rings is 1. The summed E-state index contributed by atoms with van der Waals surface area (Å²) in [5.74, 6) is 0.275. The predicted octanol–water partition coefficient (Wildman–Crippen LogP) is 1.60. The molecule has 0 atom stereocenters. The van der Waals surface area contributed by atoms with Gasteiger partial charge >= 0.3 is 6.03 Å². The third-order valence-corrected chi connectivity index (χ3v) is 5.57. The zero-order valence-electron chi connectivity index (χ0n) is 18.1. The van der Waals surface area contributed by atoms with Gasteiger partial charge in [-0.2, -0.15) is 4.39 Å². The molecule has 0 spiro atoms. The summed E-state index contributed by atoms with van der Waals surface area (Å²) in [7, 11) is 0. The number of halogens is 1. The van der Waals surface area contributed by atoms with Crippen LogP contribution in [0.25, 0.3) is 0 Å². The summed E-state index contributed by atoms with van der Waals surface area (Å²) in [5, 5.41) is 5.34. The van der Waals surface area contributed by atoms with Crippen molar-refractivity contribution in [2.75, 3.05) is 54.4 Å². The van der Waals surface area contributed by atoms with Gasteiger partial charge in [-0.25, -0.2) is 19.7 Å². The fourth-order valence-electron chi connectivity index (χ4n) is 3.94. The van der Waals surface area contributed by atoms with Gasteiger partial charge in [0.05, 0.1) is 11.4 Å². The molecule has 0 saturated carbocycles. The van der Waals surface area contributed by atoms with Gasteiger partial charge in [0.1, 0.15) is 18.0 Å². The number of piperazine rings is 1. The molecule has 0 unspecified atom stereocenters. The number of urea groups is 1. The molecule has 2 aromatic heterocycles. The zero-order valence-corrected chi connectivity index (χ0v) is 18.1. The third kappa shape index (κ3) is 5.10. The molecule has 4 heterocycles. The quantitative estimate of drug-likeness (QED) is 0.655. The van der Waals surface area contributed by atoms with Gasteiger partial charge in [0.2, 0.25) is 11.9 Å². The Morgan fingerprint density at radius 3 is 2.66 bits per heavy atom. The summed E-state index contributed by atoms with van der Waals surface area (Å²) in [5.41, 5.74) is 1.25. The van der Waals surface area contributed by atoms with E-state index >= 15 is 0 Å². The Balaban J connectivity index is 1.33. The highest BCUT2D eigenvalue weighted by Crippen LogP contribution is 2.25. The summed E-state index contributed by atoms with van der Waals surface area (Å²) in [6.07, 6.45) is 2.70. The van der Waals surface area contributed by atoms with Crippen molar-refractivity contribution in [1.29, 1.82) is 0 Å². The predicted molar refractivity (Wildman–Crippen MR) is 118 cm³/mol. The summed E-state index contributed by atoms with van der Waals surface area (Å²) >= 11 is 0. The van der Waals surface area contributed by atoms with Gasteiger partial charge in [0.25, 0.3) is 0 Å². The Bertz CT molecular complexity index is 980. The van der Waals surface area contributed by atoms with Gasteiger partial charge in [-0.3, -0.25) is 19.9 Å². The first-order chi connectivity index (χ1) is 15.5. The van der Waals surface area contributed by atoms with Crippen molar-refractivity contribution < 1.29 is 14.0 Å². The van der Waals surface area contributed by atoms with Crippen molar-refractivity contribution in [2.45, 2.75) is 26.3 Å². The monoisotopic (exact) mass is 442 g/mol. The molecule has 170 valence electrons. The van der Waals surface area contributed by atoms with Crippen molar-refractivity contribution in [3.8, 4) is 0 Å². The van der Waals surface area contributed by atoms with Crippen molar-refractivity contribution in [3.63, 3.8) is 0 Å². The first-order valence-electron chi connectivity index (χ1n) is 10.8. The second-order valence-corrected chi connectivity index (χ2v) is 7.77. The first kappa shape index (κ1) is 21.9. The zero-order chi connectivity index (χ0) is 22.5. The smallest absolute Gasteiger partial charge is 0.320 e. The standard InChI is InChI=1S/C21H27FN8O2/c1-2-23-21(32)26-17-12-15(24-14-25-17)13-28-8-10-29(11-9-28)16-5-6-18(27-20(16)22)30-7-3-4-19(30)31/h5-6,12,14H,2-4,7-11,13H2,1H3,(H2,23,24,25,26,32). The third-order valence-electron chi connectivity index (χ3n) is 5.57. The lowest BCUT2D eigenvalue weighted by molar-refractivity contribution is -0.117. The fraction of sp³-hybridized carbons (Fsp3) is 0.476. The lowest BCUT2D eigenvalue weighted by atomic mass is 10.2. The van der Waals surface area contributed by atoms with Crippen LogP contribution in [0.1, 0.15) is 25.5 Å². The van der Waals surface area contributed by atoms with E-state index in [0.29, 0.717) is 56.5 Å². The maximum Gasteiger partial charge on any atom is 0.320 e. The van der Waals surface area contributed by atoms with Crippen LogP contribution in [0, 0.1) is 5.95 Å². The first-order valence-corrected chi connectivity index (χ1v) is 10.8. The van der Waals surface area contributed by atoms with Gasteiger partial charge in [-0.15, -0.1) is 0 Å². The van der Waals surface area contributed by atoms with Gasteiger partial charge < -0.3 is 10.2 Å². The molecule has 11 heteroatoms. The number of carbonyl (C=O) groups is 2. The Hall–Kier alpha value is -3.34. The van der Waals surface area contributed by atoms with Crippen molar-refractivity contribution in [1.82, 2.24) is 25.2 Å². The molecule has 0 bridgehead atoms. The maximum atomic E-state index is 14.7. The molecule has 2 aromatic rings. The van der Waals surface area contributed by atoms with Gasteiger partial charge in [-0.05, 0) is 25.5 Å². The highest BCUT2D eigenvalue weighted by Gasteiger charge is 2.25. The van der Waals surface area contributed by atoms with Crippen molar-refractivity contribution in [2.24, 2.45) is 0 Å². The number of hydrogen-bond donors (Lipinski definition) is 2. The minimum atomic E-state index is -0.549. The summed E-state index contributed by atoms with van der Waals surface area (Å²) in [4.78, 5) is 41.7. The van der Waals surface area contributed by atoms with Crippen LogP contribution in [0.5, 0.6) is 0 Å². The number of rotatable bonds is 6. The molecule has 4 rings (SSSR count). The van der Waals surface area contributed by atoms with Crippen LogP contribution in [0.3, 0.4) is 0 Å². The summed E-state index contributed by atoms with van der Waals surface area (Å²) < 4.78 is 14.7. The lowest BCUT2D eigenvalue weighted by Crippen LogP contribution is -2.46. The largest absolute Gasteiger partial charge is 0.365 e. The number of hydrogen-bond acceptors (Lipinski definition) is 7. The van der Waals surface area contributed by atoms with Crippen LogP contribution >= 0.6 is 0 Å². The van der Waals surface area contributed by atoms with E-state index in [-0.39, 0.29) is 11.9 Å². The molecule has 10 nitrogen and oxygen atoms in total. The minimum absolute atomic E-state index is 0.00710. The Kier molecular flexibility index (Phi) is 6.74. The van der Waals surface area contributed by atoms with E-state index in [0.717, 1.165) is 25.2 Å². The van der Waals surface area contributed by atoms with Gasteiger partial charge in [-0.1, -0.05) is 0 Å². The van der Waals surface area contributed by atoms with Crippen LogP contribution in [-0.4, -0.2) is 71.1 Å². The SMILES string of the molecule is CCNC(=O)Nc1cc(CN2CCN(c3ccc(N4CCCC4=O)nc3F)CC2)ncn1. The topological polar surface area (TPSA) is 107 Å². The van der Waals surface area contributed by atoms with E-state index in [1.165, 1.54) is 6.33 Å². The van der Waals surface area contributed by atoms with Crippen LogP contribution in [0.15, 0.2) is 24.5 Å². The molecule has 3 amide bonds. The molecule has 0 aliphatic carbocycles. The molecule has 2 aliphatic heterocycles. The van der Waals surface area contributed by atoms with Crippen LogP contribution in [0.4, 0.5) is 26.5 Å². The summed E-state index contributed by atoms with van der Waals surface area (Å²) in [6, 6.07) is 4.88. The number of nitrogens with one attached hydrogen (secondary N) is 2. The highest BCUT2D eigenvalue weighted by atomic mass is 19.1. The Morgan fingerprint density at radius 2 is 1.97 bits per heavy atom. The fourth-order valence-corrected chi connectivity index (χ4v) is 3.94.